The SMILES string of the molecule is CC(C)Oc1cc(NCC2(C)CCCC2)ncn1. The average Bonchev–Trinajstić information content (AvgIpc) is 2.74. The van der Waals surface area contributed by atoms with Gasteiger partial charge in [-0.15, -0.1) is 0 Å². The Morgan fingerprint density at radius 2 is 2.06 bits per heavy atom. The standard InChI is InChI=1S/C14H23N3O/c1-11(2)18-13-8-12(16-10-17-13)15-9-14(3)6-4-5-7-14/h8,10-11H,4-7,9H2,1-3H3,(H,15,16,17). The van der Waals surface area contributed by atoms with E-state index < -0.39 is 0 Å². The minimum atomic E-state index is 0.139. The lowest BCUT2D eigenvalue weighted by Gasteiger charge is -2.24. The van der Waals surface area contributed by atoms with Crippen molar-refractivity contribution in [3.05, 3.63) is 12.4 Å². The Bertz CT molecular complexity index is 386. The van der Waals surface area contributed by atoms with Crippen molar-refractivity contribution in [1.29, 1.82) is 0 Å². The highest BCUT2D eigenvalue weighted by atomic mass is 16.5. The Morgan fingerprint density at radius 1 is 1.33 bits per heavy atom. The molecule has 1 aromatic rings. The lowest BCUT2D eigenvalue weighted by atomic mass is 9.89. The van der Waals surface area contributed by atoms with Crippen LogP contribution >= 0.6 is 0 Å². The number of hydrogen-bond donors (Lipinski definition) is 1. The zero-order valence-electron chi connectivity index (χ0n) is 11.6. The number of hydrogen-bond acceptors (Lipinski definition) is 4. The van der Waals surface area contributed by atoms with E-state index in [0.717, 1.165) is 12.4 Å². The fraction of sp³-hybridized carbons (Fsp3) is 0.714. The monoisotopic (exact) mass is 249 g/mol. The first-order valence-electron chi connectivity index (χ1n) is 6.80. The second kappa shape index (κ2) is 5.55. The van der Waals surface area contributed by atoms with Crippen molar-refractivity contribution in [2.75, 3.05) is 11.9 Å². The van der Waals surface area contributed by atoms with Crippen LogP contribution < -0.4 is 10.1 Å². The third kappa shape index (κ3) is 3.59. The molecule has 1 aliphatic rings. The van der Waals surface area contributed by atoms with Crippen molar-refractivity contribution in [3.63, 3.8) is 0 Å². The summed E-state index contributed by atoms with van der Waals surface area (Å²) in [6, 6.07) is 1.87. The van der Waals surface area contributed by atoms with E-state index in [9.17, 15) is 0 Å². The number of anilines is 1. The van der Waals surface area contributed by atoms with Crippen molar-refractivity contribution in [2.24, 2.45) is 5.41 Å². The highest BCUT2D eigenvalue weighted by molar-refractivity contribution is 5.37. The Kier molecular flexibility index (Phi) is 4.04. The molecule has 0 bridgehead atoms. The van der Waals surface area contributed by atoms with Gasteiger partial charge in [-0.2, -0.15) is 0 Å². The molecular weight excluding hydrogens is 226 g/mol. The molecule has 1 heterocycles. The Hall–Kier alpha value is -1.32. The summed E-state index contributed by atoms with van der Waals surface area (Å²) in [7, 11) is 0. The summed E-state index contributed by atoms with van der Waals surface area (Å²) in [4.78, 5) is 8.34. The Labute approximate surface area is 109 Å². The van der Waals surface area contributed by atoms with E-state index in [1.807, 2.05) is 19.9 Å². The lowest BCUT2D eigenvalue weighted by Crippen LogP contribution is -2.23. The molecule has 0 unspecified atom stereocenters. The van der Waals surface area contributed by atoms with Crippen molar-refractivity contribution in [1.82, 2.24) is 9.97 Å². The van der Waals surface area contributed by atoms with Gasteiger partial charge in [-0.05, 0) is 32.1 Å². The third-order valence-corrected chi connectivity index (χ3v) is 3.51. The van der Waals surface area contributed by atoms with Gasteiger partial charge in [0.2, 0.25) is 5.88 Å². The molecule has 1 aliphatic carbocycles. The second-order valence-corrected chi connectivity index (χ2v) is 5.78. The van der Waals surface area contributed by atoms with Crippen molar-refractivity contribution >= 4 is 5.82 Å². The van der Waals surface area contributed by atoms with Crippen LogP contribution in [-0.4, -0.2) is 22.6 Å². The predicted octanol–water partition coefficient (Wildman–Crippen LogP) is 3.26. The molecule has 18 heavy (non-hydrogen) atoms. The molecule has 100 valence electrons. The summed E-state index contributed by atoms with van der Waals surface area (Å²) < 4.78 is 5.56. The molecule has 0 radical (unpaired) electrons. The topological polar surface area (TPSA) is 47.0 Å². The molecule has 1 fully saturated rings. The van der Waals surface area contributed by atoms with Crippen LogP contribution in [0.2, 0.25) is 0 Å². The van der Waals surface area contributed by atoms with Gasteiger partial charge < -0.3 is 10.1 Å². The minimum Gasteiger partial charge on any atom is -0.475 e. The fourth-order valence-electron chi connectivity index (χ4n) is 2.45. The highest BCUT2D eigenvalue weighted by Crippen LogP contribution is 2.37. The van der Waals surface area contributed by atoms with Crippen LogP contribution in [0.5, 0.6) is 5.88 Å². The summed E-state index contributed by atoms with van der Waals surface area (Å²) in [5.41, 5.74) is 0.421. The molecular formula is C14H23N3O. The van der Waals surface area contributed by atoms with Crippen LogP contribution in [-0.2, 0) is 0 Å². The Morgan fingerprint density at radius 3 is 2.72 bits per heavy atom. The maximum Gasteiger partial charge on any atom is 0.218 e. The van der Waals surface area contributed by atoms with Gasteiger partial charge in [0.15, 0.2) is 0 Å². The van der Waals surface area contributed by atoms with Crippen LogP contribution in [0.15, 0.2) is 12.4 Å². The van der Waals surface area contributed by atoms with Gasteiger partial charge in [0.25, 0.3) is 0 Å². The largest absolute Gasteiger partial charge is 0.475 e. The number of rotatable bonds is 5. The van der Waals surface area contributed by atoms with Gasteiger partial charge in [0.05, 0.1) is 6.10 Å². The molecule has 1 saturated carbocycles. The van der Waals surface area contributed by atoms with E-state index >= 15 is 0 Å². The number of aromatic nitrogens is 2. The van der Waals surface area contributed by atoms with Crippen LogP contribution in [0.4, 0.5) is 5.82 Å². The molecule has 0 aliphatic heterocycles. The van der Waals surface area contributed by atoms with Crippen molar-refractivity contribution in [3.8, 4) is 5.88 Å². The molecule has 0 amide bonds. The number of nitrogens with one attached hydrogen (secondary N) is 1. The normalized spacial score (nSPS) is 18.0. The Balaban J connectivity index is 1.92. The molecule has 2 rings (SSSR count). The van der Waals surface area contributed by atoms with Crippen LogP contribution in [0.3, 0.4) is 0 Å². The van der Waals surface area contributed by atoms with Crippen molar-refractivity contribution in [2.45, 2.75) is 52.6 Å². The molecule has 0 aromatic carbocycles. The van der Waals surface area contributed by atoms with Gasteiger partial charge >= 0.3 is 0 Å². The number of nitrogens with zero attached hydrogens (tertiary/aromatic N) is 2. The summed E-state index contributed by atoms with van der Waals surface area (Å²) in [5.74, 6) is 1.49. The maximum absolute atomic E-state index is 5.56. The molecule has 0 atom stereocenters. The van der Waals surface area contributed by atoms with E-state index in [2.05, 4.69) is 22.2 Å². The molecule has 4 nitrogen and oxygen atoms in total. The minimum absolute atomic E-state index is 0.139. The van der Waals surface area contributed by atoms with E-state index in [4.69, 9.17) is 4.74 Å². The van der Waals surface area contributed by atoms with E-state index in [1.54, 1.807) is 6.33 Å². The van der Waals surface area contributed by atoms with Gasteiger partial charge in [-0.1, -0.05) is 19.8 Å². The first kappa shape index (κ1) is 13.1. The summed E-state index contributed by atoms with van der Waals surface area (Å²) >= 11 is 0. The molecule has 0 spiro atoms. The van der Waals surface area contributed by atoms with E-state index in [-0.39, 0.29) is 6.10 Å². The van der Waals surface area contributed by atoms with Gasteiger partial charge in [-0.25, -0.2) is 9.97 Å². The zero-order valence-corrected chi connectivity index (χ0v) is 11.6. The zero-order chi connectivity index (χ0) is 13.0. The molecule has 0 saturated heterocycles. The fourth-order valence-corrected chi connectivity index (χ4v) is 2.45. The average molecular weight is 249 g/mol. The number of ether oxygens (including phenoxy) is 1. The smallest absolute Gasteiger partial charge is 0.218 e. The van der Waals surface area contributed by atoms with Gasteiger partial charge in [-0.3, -0.25) is 0 Å². The van der Waals surface area contributed by atoms with Crippen LogP contribution in [0, 0.1) is 5.41 Å². The molecule has 1 aromatic heterocycles. The predicted molar refractivity (Wildman–Crippen MR) is 72.9 cm³/mol. The summed E-state index contributed by atoms with van der Waals surface area (Å²) in [6.45, 7) is 7.31. The summed E-state index contributed by atoms with van der Waals surface area (Å²) in [6.07, 6.45) is 7.01. The molecule has 4 heteroatoms. The first-order valence-corrected chi connectivity index (χ1v) is 6.80. The second-order valence-electron chi connectivity index (χ2n) is 5.78. The quantitative estimate of drug-likeness (QED) is 0.870. The summed E-state index contributed by atoms with van der Waals surface area (Å²) in [5, 5.41) is 3.41. The van der Waals surface area contributed by atoms with Gasteiger partial charge in [0, 0.05) is 12.6 Å². The first-order chi connectivity index (χ1) is 8.57. The molecule has 1 N–H and O–H groups in total. The maximum atomic E-state index is 5.56. The van der Waals surface area contributed by atoms with E-state index in [1.165, 1.54) is 25.7 Å². The third-order valence-electron chi connectivity index (χ3n) is 3.51. The van der Waals surface area contributed by atoms with E-state index in [0.29, 0.717) is 11.3 Å². The van der Waals surface area contributed by atoms with Gasteiger partial charge in [0.1, 0.15) is 12.1 Å². The lowest BCUT2D eigenvalue weighted by molar-refractivity contribution is 0.232. The van der Waals surface area contributed by atoms with Crippen molar-refractivity contribution < 1.29 is 4.74 Å². The highest BCUT2D eigenvalue weighted by Gasteiger charge is 2.28. The van der Waals surface area contributed by atoms with Crippen LogP contribution in [0.1, 0.15) is 46.5 Å². The van der Waals surface area contributed by atoms with Crippen LogP contribution in [0.25, 0.3) is 0 Å².